The SMILES string of the molecule is Cc1ncccc1C(N)c1ccc(F)c(F)c1F. The van der Waals surface area contributed by atoms with E-state index in [9.17, 15) is 13.2 Å². The van der Waals surface area contributed by atoms with Gasteiger partial charge in [0.25, 0.3) is 0 Å². The second kappa shape index (κ2) is 4.78. The van der Waals surface area contributed by atoms with E-state index in [1.165, 1.54) is 0 Å². The molecule has 0 bridgehead atoms. The molecule has 2 aromatic rings. The number of hydrogen-bond acceptors (Lipinski definition) is 2. The van der Waals surface area contributed by atoms with Crippen molar-refractivity contribution in [1.29, 1.82) is 0 Å². The molecule has 0 aliphatic rings. The molecule has 2 rings (SSSR count). The Balaban J connectivity index is 2.50. The number of aryl methyl sites for hydroxylation is 1. The Morgan fingerprint density at radius 1 is 1.06 bits per heavy atom. The molecular formula is C13H11F3N2. The minimum absolute atomic E-state index is 0.0926. The van der Waals surface area contributed by atoms with Crippen molar-refractivity contribution in [1.82, 2.24) is 4.98 Å². The van der Waals surface area contributed by atoms with Crippen LogP contribution in [0.1, 0.15) is 22.9 Å². The minimum atomic E-state index is -1.51. The van der Waals surface area contributed by atoms with Gasteiger partial charge in [0.15, 0.2) is 17.5 Å². The monoisotopic (exact) mass is 252 g/mol. The maximum atomic E-state index is 13.6. The Bertz CT molecular complexity index is 584. The fourth-order valence-corrected chi connectivity index (χ4v) is 1.77. The average Bonchev–Trinajstić information content (AvgIpc) is 2.36. The molecule has 0 radical (unpaired) electrons. The van der Waals surface area contributed by atoms with Gasteiger partial charge in [-0.2, -0.15) is 0 Å². The molecule has 0 saturated carbocycles. The second-order valence-corrected chi connectivity index (χ2v) is 3.92. The third kappa shape index (κ3) is 2.09. The Kier molecular flexibility index (Phi) is 3.34. The highest BCUT2D eigenvalue weighted by Gasteiger charge is 2.20. The second-order valence-electron chi connectivity index (χ2n) is 3.92. The van der Waals surface area contributed by atoms with Crippen LogP contribution in [0.25, 0.3) is 0 Å². The van der Waals surface area contributed by atoms with E-state index in [-0.39, 0.29) is 5.56 Å². The highest BCUT2D eigenvalue weighted by molar-refractivity contribution is 5.34. The highest BCUT2D eigenvalue weighted by Crippen LogP contribution is 2.25. The maximum absolute atomic E-state index is 13.6. The van der Waals surface area contributed by atoms with E-state index in [0.717, 1.165) is 12.1 Å². The Labute approximate surface area is 102 Å². The van der Waals surface area contributed by atoms with E-state index in [0.29, 0.717) is 11.3 Å². The number of hydrogen-bond donors (Lipinski definition) is 1. The van der Waals surface area contributed by atoms with Gasteiger partial charge in [0, 0.05) is 17.5 Å². The van der Waals surface area contributed by atoms with Crippen molar-refractivity contribution in [2.45, 2.75) is 13.0 Å². The molecule has 2 nitrogen and oxygen atoms in total. The summed E-state index contributed by atoms with van der Waals surface area (Å²) >= 11 is 0. The molecule has 0 spiro atoms. The van der Waals surface area contributed by atoms with Crippen LogP contribution in [0, 0.1) is 24.4 Å². The smallest absolute Gasteiger partial charge is 0.194 e. The molecule has 0 fully saturated rings. The third-order valence-corrected chi connectivity index (χ3v) is 2.78. The molecule has 2 N–H and O–H groups in total. The first-order valence-electron chi connectivity index (χ1n) is 5.33. The lowest BCUT2D eigenvalue weighted by atomic mass is 9.98. The fraction of sp³-hybridized carbons (Fsp3) is 0.154. The first-order chi connectivity index (χ1) is 8.52. The quantitative estimate of drug-likeness (QED) is 0.835. The largest absolute Gasteiger partial charge is 0.320 e. The Morgan fingerprint density at radius 3 is 2.44 bits per heavy atom. The van der Waals surface area contributed by atoms with Gasteiger partial charge >= 0.3 is 0 Å². The van der Waals surface area contributed by atoms with Gasteiger partial charge in [-0.3, -0.25) is 4.98 Å². The Hall–Kier alpha value is -1.88. The summed E-state index contributed by atoms with van der Waals surface area (Å²) in [5.41, 5.74) is 6.97. The van der Waals surface area contributed by atoms with Crippen LogP contribution in [-0.4, -0.2) is 4.98 Å². The van der Waals surface area contributed by atoms with Gasteiger partial charge in [0.1, 0.15) is 0 Å². The van der Waals surface area contributed by atoms with Crippen molar-refractivity contribution in [2.75, 3.05) is 0 Å². The van der Waals surface area contributed by atoms with E-state index in [1.807, 2.05) is 0 Å². The molecule has 1 aromatic heterocycles. The molecule has 18 heavy (non-hydrogen) atoms. The summed E-state index contributed by atoms with van der Waals surface area (Å²) in [6.07, 6.45) is 1.58. The van der Waals surface area contributed by atoms with E-state index in [4.69, 9.17) is 5.73 Å². The van der Waals surface area contributed by atoms with Crippen molar-refractivity contribution in [3.8, 4) is 0 Å². The van der Waals surface area contributed by atoms with Crippen LogP contribution in [0.3, 0.4) is 0 Å². The van der Waals surface area contributed by atoms with Crippen molar-refractivity contribution in [3.05, 3.63) is 64.7 Å². The predicted octanol–water partition coefficient (Wildman–Crippen LogP) is 2.86. The molecule has 0 aliphatic carbocycles. The molecule has 0 saturated heterocycles. The number of benzene rings is 1. The molecule has 1 atom stereocenters. The number of nitrogens with two attached hydrogens (primary N) is 1. The summed E-state index contributed by atoms with van der Waals surface area (Å²) in [6, 6.07) is 4.45. The number of aromatic nitrogens is 1. The van der Waals surface area contributed by atoms with E-state index in [2.05, 4.69) is 4.98 Å². The fourth-order valence-electron chi connectivity index (χ4n) is 1.77. The zero-order chi connectivity index (χ0) is 13.3. The summed E-state index contributed by atoms with van der Waals surface area (Å²) < 4.78 is 39.6. The summed E-state index contributed by atoms with van der Waals surface area (Å²) in [6.45, 7) is 1.72. The van der Waals surface area contributed by atoms with Crippen LogP contribution in [0.5, 0.6) is 0 Å². The topological polar surface area (TPSA) is 38.9 Å². The maximum Gasteiger partial charge on any atom is 0.194 e. The number of halogens is 3. The van der Waals surface area contributed by atoms with Gasteiger partial charge in [-0.05, 0) is 24.6 Å². The van der Waals surface area contributed by atoms with Gasteiger partial charge in [0.2, 0.25) is 0 Å². The molecule has 1 unspecified atom stereocenters. The standard InChI is InChI=1S/C13H11F3N2/c1-7-8(3-2-6-18-7)13(17)9-4-5-10(14)12(16)11(9)15/h2-6,13H,17H2,1H3. The van der Waals surface area contributed by atoms with Crippen LogP contribution in [-0.2, 0) is 0 Å². The summed E-state index contributed by atoms with van der Waals surface area (Å²) in [4.78, 5) is 4.03. The van der Waals surface area contributed by atoms with Crippen LogP contribution in [0.15, 0.2) is 30.5 Å². The van der Waals surface area contributed by atoms with Crippen LogP contribution < -0.4 is 5.73 Å². The number of nitrogens with zero attached hydrogens (tertiary/aromatic N) is 1. The summed E-state index contributed by atoms with van der Waals surface area (Å²) in [5, 5.41) is 0. The molecule has 0 aliphatic heterocycles. The van der Waals surface area contributed by atoms with E-state index in [1.54, 1.807) is 25.3 Å². The molecular weight excluding hydrogens is 241 g/mol. The van der Waals surface area contributed by atoms with Gasteiger partial charge in [0.05, 0.1) is 6.04 Å². The van der Waals surface area contributed by atoms with Gasteiger partial charge < -0.3 is 5.73 Å². The molecule has 1 heterocycles. The van der Waals surface area contributed by atoms with Crippen molar-refractivity contribution in [3.63, 3.8) is 0 Å². The van der Waals surface area contributed by atoms with Gasteiger partial charge in [-0.1, -0.05) is 12.1 Å². The van der Waals surface area contributed by atoms with Crippen LogP contribution in [0.4, 0.5) is 13.2 Å². The average molecular weight is 252 g/mol. The van der Waals surface area contributed by atoms with Gasteiger partial charge in [-0.25, -0.2) is 13.2 Å². The number of pyridine rings is 1. The van der Waals surface area contributed by atoms with E-state index < -0.39 is 23.5 Å². The van der Waals surface area contributed by atoms with Crippen LogP contribution in [0.2, 0.25) is 0 Å². The predicted molar refractivity (Wildman–Crippen MR) is 61.3 cm³/mol. The van der Waals surface area contributed by atoms with Crippen LogP contribution >= 0.6 is 0 Å². The Morgan fingerprint density at radius 2 is 1.78 bits per heavy atom. The lowest BCUT2D eigenvalue weighted by Gasteiger charge is -2.15. The summed E-state index contributed by atoms with van der Waals surface area (Å²) in [7, 11) is 0. The first-order valence-corrected chi connectivity index (χ1v) is 5.33. The zero-order valence-corrected chi connectivity index (χ0v) is 9.62. The zero-order valence-electron chi connectivity index (χ0n) is 9.62. The normalized spacial score (nSPS) is 12.5. The minimum Gasteiger partial charge on any atom is -0.320 e. The lowest BCUT2D eigenvalue weighted by Crippen LogP contribution is -2.16. The van der Waals surface area contributed by atoms with Crippen molar-refractivity contribution >= 4 is 0 Å². The molecule has 94 valence electrons. The van der Waals surface area contributed by atoms with Crippen molar-refractivity contribution in [2.24, 2.45) is 5.73 Å². The number of rotatable bonds is 2. The molecule has 1 aromatic carbocycles. The molecule has 5 heteroatoms. The first kappa shape index (κ1) is 12.6. The van der Waals surface area contributed by atoms with Crippen molar-refractivity contribution < 1.29 is 13.2 Å². The van der Waals surface area contributed by atoms with E-state index >= 15 is 0 Å². The lowest BCUT2D eigenvalue weighted by molar-refractivity contribution is 0.438. The summed E-state index contributed by atoms with van der Waals surface area (Å²) in [5.74, 6) is -4.00. The highest BCUT2D eigenvalue weighted by atomic mass is 19.2. The van der Waals surface area contributed by atoms with Gasteiger partial charge in [-0.15, -0.1) is 0 Å². The molecule has 0 amide bonds. The third-order valence-electron chi connectivity index (χ3n) is 2.78.